The van der Waals surface area contributed by atoms with Crippen LogP contribution >= 0.6 is 11.3 Å². The summed E-state index contributed by atoms with van der Waals surface area (Å²) in [6.07, 6.45) is -3.48. The Morgan fingerprint density at radius 1 is 1.42 bits per heavy atom. The second-order valence-corrected chi connectivity index (χ2v) is 8.73. The highest BCUT2D eigenvalue weighted by Crippen LogP contribution is 2.34. The van der Waals surface area contributed by atoms with Gasteiger partial charge in [0.05, 0.1) is 25.1 Å². The minimum absolute atomic E-state index is 0.0220. The molecule has 0 saturated heterocycles. The molecule has 0 amide bonds. The lowest BCUT2D eigenvalue weighted by molar-refractivity contribution is -0.431. The highest BCUT2D eigenvalue weighted by Gasteiger charge is 2.44. The molecule has 178 valence electrons. The lowest BCUT2D eigenvalue weighted by Gasteiger charge is -2.29. The molecule has 2 aliphatic heterocycles. The molecule has 0 radical (unpaired) electrons. The predicted octanol–water partition coefficient (Wildman–Crippen LogP) is 1.69. The van der Waals surface area contributed by atoms with Crippen LogP contribution in [0.4, 0.5) is 19.0 Å². The van der Waals surface area contributed by atoms with E-state index in [2.05, 4.69) is 27.4 Å². The number of thiophene rings is 1. The number of amidine groups is 3. The van der Waals surface area contributed by atoms with Crippen LogP contribution in [0.25, 0.3) is 10.2 Å². The van der Waals surface area contributed by atoms with Crippen molar-refractivity contribution in [3.63, 3.8) is 0 Å². The van der Waals surface area contributed by atoms with E-state index in [1.54, 1.807) is 4.90 Å². The van der Waals surface area contributed by atoms with E-state index >= 15 is 0 Å². The molecule has 10 nitrogen and oxygen atoms in total. The lowest BCUT2D eigenvalue weighted by Crippen LogP contribution is -2.53. The number of rotatable bonds is 6. The van der Waals surface area contributed by atoms with Gasteiger partial charge >= 0.3 is 12.0 Å². The third-order valence-corrected chi connectivity index (χ3v) is 6.29. The first-order valence-corrected chi connectivity index (χ1v) is 11.2. The molecule has 0 fully saturated rings. The van der Waals surface area contributed by atoms with Crippen LogP contribution in [-0.2, 0) is 11.3 Å². The molecule has 14 heteroatoms. The number of aryl methyl sites for hydroxylation is 1. The maximum absolute atomic E-state index is 13.0. The van der Waals surface area contributed by atoms with Crippen molar-refractivity contribution >= 4 is 44.9 Å². The van der Waals surface area contributed by atoms with Gasteiger partial charge in [0.15, 0.2) is 5.82 Å². The number of nitrogens with two attached hydrogens (primary N) is 1. The van der Waals surface area contributed by atoms with E-state index in [0.717, 1.165) is 32.5 Å². The fourth-order valence-corrected chi connectivity index (χ4v) is 4.79. The molecule has 4 rings (SSSR count). The van der Waals surface area contributed by atoms with Crippen LogP contribution in [-0.4, -0.2) is 69.6 Å². The molecular formula is C19H24F3N8O2S+. The fraction of sp³-hybridized carbons (Fsp3) is 0.526. The van der Waals surface area contributed by atoms with Gasteiger partial charge in [0, 0.05) is 11.3 Å². The number of nitrogens with zero attached hydrogens (tertiary/aromatic N) is 5. The van der Waals surface area contributed by atoms with Crippen LogP contribution in [0.2, 0.25) is 0 Å². The van der Waals surface area contributed by atoms with Gasteiger partial charge in [-0.3, -0.25) is 5.48 Å². The molecule has 33 heavy (non-hydrogen) atoms. The Bertz CT molecular complexity index is 1130. The van der Waals surface area contributed by atoms with Crippen molar-refractivity contribution in [1.82, 2.24) is 15.4 Å². The molecule has 0 spiro atoms. The van der Waals surface area contributed by atoms with Gasteiger partial charge in [-0.1, -0.05) is 13.3 Å². The number of halogens is 3. The maximum atomic E-state index is 13.0. The van der Waals surface area contributed by atoms with Crippen LogP contribution < -0.4 is 16.1 Å². The Kier molecular flexibility index (Phi) is 6.50. The molecule has 2 aliphatic rings. The topological polar surface area (TPSA) is 136 Å². The zero-order valence-electron chi connectivity index (χ0n) is 17.8. The van der Waals surface area contributed by atoms with E-state index in [-0.39, 0.29) is 32.1 Å². The Morgan fingerprint density at radius 3 is 2.88 bits per heavy atom. The fourth-order valence-electron chi connectivity index (χ4n) is 3.66. The van der Waals surface area contributed by atoms with Crippen LogP contribution in [0.1, 0.15) is 36.7 Å². The van der Waals surface area contributed by atoms with Crippen molar-refractivity contribution in [2.75, 3.05) is 31.1 Å². The Labute approximate surface area is 191 Å². The number of nitrogens with one attached hydrogen (secondary N) is 2. The second kappa shape index (κ2) is 9.19. The molecule has 0 saturated carbocycles. The van der Waals surface area contributed by atoms with Crippen LogP contribution in [0.15, 0.2) is 11.1 Å². The first kappa shape index (κ1) is 23.3. The normalized spacial score (nSPS) is 19.2. The summed E-state index contributed by atoms with van der Waals surface area (Å²) in [5, 5.41) is 17.3. The van der Waals surface area contributed by atoms with Gasteiger partial charge in [-0.15, -0.1) is 11.3 Å². The zero-order valence-corrected chi connectivity index (χ0v) is 18.6. The van der Waals surface area contributed by atoms with Gasteiger partial charge in [0.1, 0.15) is 23.0 Å². The summed E-state index contributed by atoms with van der Waals surface area (Å²) >= 11 is 1.52. The monoisotopic (exact) mass is 485 g/mol. The minimum Gasteiger partial charge on any atom is -0.396 e. The van der Waals surface area contributed by atoms with Crippen molar-refractivity contribution in [3.05, 3.63) is 16.8 Å². The van der Waals surface area contributed by atoms with Crippen LogP contribution in [0.3, 0.4) is 0 Å². The summed E-state index contributed by atoms with van der Waals surface area (Å²) in [6, 6.07) is 2.00. The molecule has 1 unspecified atom stereocenters. The van der Waals surface area contributed by atoms with Gasteiger partial charge in [-0.25, -0.2) is 24.4 Å². The number of hydrogen-bond donors (Lipinski definition) is 4. The van der Waals surface area contributed by atoms with Crippen molar-refractivity contribution in [2.24, 2.45) is 10.7 Å². The number of aliphatic hydroxyl groups excluding tert-OH is 1. The number of hydrogen-bond acceptors (Lipinski definition) is 10. The number of aliphatic hydroxyl groups is 1. The summed E-state index contributed by atoms with van der Waals surface area (Å²) in [5.41, 5.74) is 8.61. The number of aliphatic imine (C=N–C) groups is 1. The molecule has 4 heterocycles. The molecule has 0 aromatic carbocycles. The highest BCUT2D eigenvalue weighted by molar-refractivity contribution is 7.18. The smallest absolute Gasteiger partial charge is 0.396 e. The first-order valence-electron chi connectivity index (χ1n) is 10.4. The van der Waals surface area contributed by atoms with Gasteiger partial charge in [-0.05, 0) is 12.5 Å². The van der Waals surface area contributed by atoms with E-state index < -0.39 is 18.2 Å². The molecule has 5 N–H and O–H groups in total. The van der Waals surface area contributed by atoms with Crippen LogP contribution in [0.5, 0.6) is 0 Å². The van der Waals surface area contributed by atoms with Crippen molar-refractivity contribution in [2.45, 2.75) is 38.6 Å². The van der Waals surface area contributed by atoms with Crippen molar-refractivity contribution < 1.29 is 27.7 Å². The van der Waals surface area contributed by atoms with E-state index in [0.29, 0.717) is 23.9 Å². The van der Waals surface area contributed by atoms with Gasteiger partial charge in [-0.2, -0.15) is 18.6 Å². The summed E-state index contributed by atoms with van der Waals surface area (Å²) in [5.74, 6) is -0.258. The Hall–Kier alpha value is -2.84. The molecule has 2 aromatic heterocycles. The van der Waals surface area contributed by atoms with Gasteiger partial charge in [0.2, 0.25) is 12.1 Å². The summed E-state index contributed by atoms with van der Waals surface area (Å²) in [7, 11) is 0. The first-order chi connectivity index (χ1) is 15.7. The standard InChI is InChI=1S/C19H23F3N8O2S/c1-2-3-10-8-11-15(29-5-6-30(12(23)9-29)18(24)19(20,21)22)26-14(27-17(11)33-10)16-25-13(4-7-31)28-32-16/h8,16,23-24,31H,2-7,9H2,1H3,(H,25,28)/p+1. The Morgan fingerprint density at radius 2 is 2.21 bits per heavy atom. The zero-order chi connectivity index (χ0) is 23.8. The number of alkyl halides is 3. The average molecular weight is 486 g/mol. The third-order valence-electron chi connectivity index (χ3n) is 5.20. The third kappa shape index (κ3) is 4.77. The summed E-state index contributed by atoms with van der Waals surface area (Å²) < 4.78 is 39.8. The van der Waals surface area contributed by atoms with E-state index in [4.69, 9.17) is 21.1 Å². The summed E-state index contributed by atoms with van der Waals surface area (Å²) in [6.45, 7) is 2.04. The van der Waals surface area contributed by atoms with E-state index in [1.165, 1.54) is 11.3 Å². The quantitative estimate of drug-likeness (QED) is 0.278. The molecular weight excluding hydrogens is 461 g/mol. The van der Waals surface area contributed by atoms with Crippen molar-refractivity contribution in [3.8, 4) is 0 Å². The maximum Gasteiger partial charge on any atom is 0.481 e. The number of hydroxylamine groups is 1. The SMILES string of the molecule is CCCc1cc2c(N3CC[N+](C(=N)C(F)(F)F)=C(N)C3)nc(C3N=C(CCO)NO3)nc2s1. The van der Waals surface area contributed by atoms with Crippen LogP contribution in [0, 0.1) is 5.41 Å². The second-order valence-electron chi connectivity index (χ2n) is 7.62. The Balaban J connectivity index is 1.72. The van der Waals surface area contributed by atoms with Gasteiger partial charge < -0.3 is 15.7 Å². The molecule has 0 bridgehead atoms. The largest absolute Gasteiger partial charge is 0.481 e. The van der Waals surface area contributed by atoms with Gasteiger partial charge in [0.25, 0.3) is 0 Å². The predicted molar refractivity (Wildman–Crippen MR) is 118 cm³/mol. The minimum atomic E-state index is -4.78. The highest BCUT2D eigenvalue weighted by atomic mass is 32.1. The molecule has 1 atom stereocenters. The number of fused-ring (bicyclic) bond motifs is 1. The average Bonchev–Trinajstić information content (AvgIpc) is 3.39. The van der Waals surface area contributed by atoms with E-state index in [1.807, 2.05) is 6.07 Å². The molecule has 2 aromatic rings. The summed E-state index contributed by atoms with van der Waals surface area (Å²) in [4.78, 5) is 22.7. The molecule has 0 aliphatic carbocycles. The lowest BCUT2D eigenvalue weighted by atomic mass is 10.2. The number of anilines is 1. The van der Waals surface area contributed by atoms with Crippen molar-refractivity contribution in [1.29, 1.82) is 5.41 Å². The van der Waals surface area contributed by atoms with E-state index in [9.17, 15) is 13.2 Å². The number of aromatic nitrogens is 2.